The molecule has 30 heavy (non-hydrogen) atoms. The molecule has 1 aromatic heterocycles. The van der Waals surface area contributed by atoms with E-state index in [9.17, 15) is 31.9 Å². The lowest BCUT2D eigenvalue weighted by molar-refractivity contribution is -0.305. The van der Waals surface area contributed by atoms with E-state index in [0.29, 0.717) is 31.5 Å². The lowest BCUT2D eigenvalue weighted by Gasteiger charge is -2.26. The minimum atomic E-state index is -5.66. The number of likely N-dealkylation sites (tertiary alicyclic amines) is 1. The maximum Gasteiger partial charge on any atom is 0.458 e. The Kier molecular flexibility index (Phi) is 7.45. The average molecular weight is 454 g/mol. The fourth-order valence-electron chi connectivity index (χ4n) is 3.02. The normalized spacial score (nSPS) is 16.7. The summed E-state index contributed by atoms with van der Waals surface area (Å²) in [5.41, 5.74) is -0.158. The quantitative estimate of drug-likeness (QED) is 0.524. The number of thiophene rings is 1. The zero-order valence-electron chi connectivity index (χ0n) is 16.7. The van der Waals surface area contributed by atoms with Crippen LogP contribution in [-0.4, -0.2) is 61.5 Å². The summed E-state index contributed by atoms with van der Waals surface area (Å²) in [6, 6.07) is 0. The summed E-state index contributed by atoms with van der Waals surface area (Å²) < 4.78 is 61.8. The minimum absolute atomic E-state index is 0.0510. The summed E-state index contributed by atoms with van der Waals surface area (Å²) in [5.74, 6) is -8.17. The van der Waals surface area contributed by atoms with Crippen molar-refractivity contribution in [2.45, 2.75) is 45.1 Å². The van der Waals surface area contributed by atoms with Crippen molar-refractivity contribution >= 4 is 34.1 Å². The van der Waals surface area contributed by atoms with E-state index in [0.717, 1.165) is 19.3 Å². The van der Waals surface area contributed by atoms with Gasteiger partial charge in [-0.05, 0) is 38.7 Å². The van der Waals surface area contributed by atoms with Gasteiger partial charge in [0.15, 0.2) is 0 Å². The Morgan fingerprint density at radius 3 is 2.23 bits per heavy atom. The molecular weight excluding hydrogens is 432 g/mol. The number of esters is 1. The Hall–Kier alpha value is -2.21. The molecule has 168 valence electrons. The third-order valence-corrected chi connectivity index (χ3v) is 5.82. The van der Waals surface area contributed by atoms with Crippen molar-refractivity contribution in [3.05, 3.63) is 16.0 Å². The van der Waals surface area contributed by atoms with Crippen LogP contribution in [0.3, 0.4) is 0 Å². The number of amides is 2. The predicted octanol–water partition coefficient (Wildman–Crippen LogP) is 3.67. The van der Waals surface area contributed by atoms with Gasteiger partial charge in [0, 0.05) is 20.2 Å². The van der Waals surface area contributed by atoms with Crippen LogP contribution < -0.4 is 5.32 Å². The van der Waals surface area contributed by atoms with Crippen LogP contribution in [0.4, 0.5) is 22.6 Å². The van der Waals surface area contributed by atoms with Gasteiger partial charge in [-0.15, -0.1) is 11.3 Å². The summed E-state index contributed by atoms with van der Waals surface area (Å²) in [5, 5.41) is 1.34. The van der Waals surface area contributed by atoms with Gasteiger partial charge in [0.05, 0.1) is 17.0 Å². The van der Waals surface area contributed by atoms with Gasteiger partial charge in [0.2, 0.25) is 0 Å². The monoisotopic (exact) mass is 454 g/mol. The molecule has 7 nitrogen and oxygen atoms in total. The third-order valence-electron chi connectivity index (χ3n) is 4.63. The molecule has 0 saturated carbocycles. The van der Waals surface area contributed by atoms with Gasteiger partial charge in [0.1, 0.15) is 5.00 Å². The fourth-order valence-corrected chi connectivity index (χ4v) is 4.17. The number of halogens is 4. The van der Waals surface area contributed by atoms with E-state index in [1.54, 1.807) is 10.2 Å². The molecule has 1 aromatic rings. The molecule has 1 fully saturated rings. The molecule has 1 atom stereocenters. The molecule has 2 rings (SSSR count). The molecule has 0 aliphatic carbocycles. The zero-order chi connectivity index (χ0) is 22.7. The molecule has 0 spiro atoms. The van der Waals surface area contributed by atoms with Gasteiger partial charge in [-0.2, -0.15) is 17.6 Å². The molecule has 2 amide bonds. The standard InChI is InChI=1S/C18H22F4N2O5S/c1-4-29-15(26)11-10(2)12(14(25)24-8-6-5-7-9-24)30-13(11)23-16(27)17(19,28-3)18(20,21)22/h4-9H2,1-3H3,(H,23,27)/t17-/m1/s1. The van der Waals surface area contributed by atoms with Crippen LogP contribution in [0.2, 0.25) is 0 Å². The van der Waals surface area contributed by atoms with Crippen LogP contribution in [0.15, 0.2) is 0 Å². The summed E-state index contributed by atoms with van der Waals surface area (Å²) in [6.07, 6.45) is -3.09. The van der Waals surface area contributed by atoms with E-state index in [4.69, 9.17) is 4.74 Å². The van der Waals surface area contributed by atoms with Crippen molar-refractivity contribution in [1.29, 1.82) is 0 Å². The number of piperidine rings is 1. The third kappa shape index (κ3) is 4.59. The van der Waals surface area contributed by atoms with Crippen molar-refractivity contribution in [1.82, 2.24) is 4.90 Å². The van der Waals surface area contributed by atoms with E-state index in [2.05, 4.69) is 4.74 Å². The Balaban J connectivity index is 2.46. The molecule has 0 bridgehead atoms. The second-order valence-corrected chi connectivity index (χ2v) is 7.61. The van der Waals surface area contributed by atoms with Crippen molar-refractivity contribution < 1.29 is 41.4 Å². The number of hydrogen-bond acceptors (Lipinski definition) is 6. The first-order chi connectivity index (χ1) is 14.0. The lowest BCUT2D eigenvalue weighted by Crippen LogP contribution is -2.52. The average Bonchev–Trinajstić information content (AvgIpc) is 3.02. The molecule has 12 heteroatoms. The highest BCUT2D eigenvalue weighted by Crippen LogP contribution is 2.39. The van der Waals surface area contributed by atoms with Crippen molar-refractivity contribution in [3.63, 3.8) is 0 Å². The molecule has 2 heterocycles. The predicted molar refractivity (Wildman–Crippen MR) is 100 cm³/mol. The van der Waals surface area contributed by atoms with Crippen LogP contribution in [-0.2, 0) is 14.3 Å². The highest BCUT2D eigenvalue weighted by molar-refractivity contribution is 7.18. The number of alkyl halides is 4. The van der Waals surface area contributed by atoms with Gasteiger partial charge in [-0.3, -0.25) is 9.59 Å². The van der Waals surface area contributed by atoms with E-state index < -0.39 is 34.8 Å². The minimum Gasteiger partial charge on any atom is -0.462 e. The second kappa shape index (κ2) is 9.29. The number of nitrogens with zero attached hydrogens (tertiary/aromatic N) is 1. The Labute approximate surface area is 174 Å². The zero-order valence-corrected chi connectivity index (χ0v) is 17.5. The van der Waals surface area contributed by atoms with Gasteiger partial charge < -0.3 is 19.7 Å². The summed E-state index contributed by atoms with van der Waals surface area (Å²) in [7, 11) is 0.393. The molecule has 1 saturated heterocycles. The largest absolute Gasteiger partial charge is 0.462 e. The van der Waals surface area contributed by atoms with Gasteiger partial charge in [0.25, 0.3) is 5.91 Å². The maximum absolute atomic E-state index is 14.2. The van der Waals surface area contributed by atoms with Crippen molar-refractivity contribution in [3.8, 4) is 0 Å². The van der Waals surface area contributed by atoms with E-state index in [1.165, 1.54) is 13.8 Å². The fraction of sp³-hybridized carbons (Fsp3) is 0.611. The number of anilines is 1. The maximum atomic E-state index is 14.2. The van der Waals surface area contributed by atoms with E-state index in [-0.39, 0.29) is 22.6 Å². The molecule has 1 N–H and O–H groups in total. The summed E-state index contributed by atoms with van der Waals surface area (Å²) >= 11 is 0.594. The van der Waals surface area contributed by atoms with Crippen LogP contribution in [0.25, 0.3) is 0 Å². The van der Waals surface area contributed by atoms with Crippen molar-refractivity contribution in [2.75, 3.05) is 32.1 Å². The molecule has 0 radical (unpaired) electrons. The highest BCUT2D eigenvalue weighted by atomic mass is 32.1. The molecule has 1 aliphatic heterocycles. The van der Waals surface area contributed by atoms with Crippen molar-refractivity contribution in [2.24, 2.45) is 0 Å². The Bertz CT molecular complexity index is 820. The Morgan fingerprint density at radius 1 is 1.13 bits per heavy atom. The van der Waals surface area contributed by atoms with E-state index >= 15 is 0 Å². The topological polar surface area (TPSA) is 84.9 Å². The van der Waals surface area contributed by atoms with Gasteiger partial charge in [-0.1, -0.05) is 0 Å². The Morgan fingerprint density at radius 2 is 1.73 bits per heavy atom. The van der Waals surface area contributed by atoms with E-state index in [1.807, 2.05) is 0 Å². The summed E-state index contributed by atoms with van der Waals surface area (Å²) in [6.45, 7) is 3.87. The number of carbonyl (C=O) groups excluding carboxylic acids is 3. The molecule has 1 aliphatic rings. The molecule has 0 aromatic carbocycles. The smallest absolute Gasteiger partial charge is 0.458 e. The number of carbonyl (C=O) groups is 3. The molecule has 0 unspecified atom stereocenters. The van der Waals surface area contributed by atoms with Crippen LogP contribution in [0, 0.1) is 6.92 Å². The number of hydrogen-bond donors (Lipinski definition) is 1. The first-order valence-corrected chi connectivity index (χ1v) is 10.0. The van der Waals surface area contributed by atoms with Crippen LogP contribution in [0.5, 0.6) is 0 Å². The molecular formula is C18H22F4N2O5S. The highest BCUT2D eigenvalue weighted by Gasteiger charge is 2.63. The number of rotatable bonds is 6. The first kappa shape index (κ1) is 24.1. The first-order valence-electron chi connectivity index (χ1n) is 9.19. The second-order valence-electron chi connectivity index (χ2n) is 6.58. The SMILES string of the molecule is CCOC(=O)c1c(NC(=O)[C@@](F)(OC)C(F)(F)F)sc(C(=O)N2CCCCC2)c1C. The number of ether oxygens (including phenoxy) is 2. The lowest BCUT2D eigenvalue weighted by atomic mass is 10.1. The van der Waals surface area contributed by atoms with Gasteiger partial charge in [-0.25, -0.2) is 4.79 Å². The van der Waals surface area contributed by atoms with Crippen LogP contribution in [0.1, 0.15) is 51.8 Å². The van der Waals surface area contributed by atoms with Gasteiger partial charge >= 0.3 is 23.9 Å². The number of methoxy groups -OCH3 is 1. The summed E-state index contributed by atoms with van der Waals surface area (Å²) in [4.78, 5) is 38.9. The van der Waals surface area contributed by atoms with Crippen LogP contribution >= 0.6 is 11.3 Å². The number of nitrogens with one attached hydrogen (secondary N) is 1.